The van der Waals surface area contributed by atoms with Crippen molar-refractivity contribution in [3.8, 4) is 0 Å². The molecule has 2 unspecified atom stereocenters. The Hall–Kier alpha value is -0.940. The molecule has 0 heterocycles. The van der Waals surface area contributed by atoms with Crippen LogP contribution in [-0.2, 0) is 0 Å². The highest BCUT2D eigenvalue weighted by Gasteiger charge is 2.51. The Kier molecular flexibility index (Phi) is 2.09. The monoisotopic (exact) mass is 218 g/mol. The average molecular weight is 218 g/mol. The predicted octanol–water partition coefficient (Wildman–Crippen LogP) is -0.810. The fourth-order valence-electron chi connectivity index (χ4n) is 3.42. The third kappa shape index (κ3) is 1.07. The first-order valence-electron chi connectivity index (χ1n) is 5.74. The van der Waals surface area contributed by atoms with Crippen molar-refractivity contribution < 1.29 is 0 Å². The van der Waals surface area contributed by atoms with E-state index in [0.29, 0.717) is 0 Å². The molecule has 0 radical (unpaired) electrons. The van der Waals surface area contributed by atoms with Crippen LogP contribution in [0.15, 0.2) is 24.3 Å². The largest absolute Gasteiger partial charge is 0.326 e. The molecule has 0 amide bonds. The summed E-state index contributed by atoms with van der Waals surface area (Å²) in [6, 6.07) is 7.95. The second kappa shape index (κ2) is 3.28. The van der Waals surface area contributed by atoms with E-state index in [1.165, 1.54) is 11.1 Å². The van der Waals surface area contributed by atoms with Crippen LogP contribution in [0.3, 0.4) is 0 Å². The molecule has 4 heteroatoms. The second-order valence-electron chi connectivity index (χ2n) is 4.99. The second-order valence-corrected chi connectivity index (χ2v) is 4.99. The van der Waals surface area contributed by atoms with Gasteiger partial charge in [-0.05, 0) is 11.1 Å². The number of benzene rings is 1. The van der Waals surface area contributed by atoms with Crippen LogP contribution in [-0.4, -0.2) is 24.2 Å². The van der Waals surface area contributed by atoms with Crippen LogP contribution in [0.5, 0.6) is 0 Å². The summed E-state index contributed by atoms with van der Waals surface area (Å²) in [7, 11) is 0. The zero-order valence-electron chi connectivity index (χ0n) is 9.08. The van der Waals surface area contributed by atoms with E-state index in [1.807, 2.05) is 12.1 Å². The molecular formula is C12H18N4. The number of fused-ring (bicyclic) bond motifs is 2. The lowest BCUT2D eigenvalue weighted by Gasteiger charge is -2.53. The quantitative estimate of drug-likeness (QED) is 0.457. The molecule has 16 heavy (non-hydrogen) atoms. The van der Waals surface area contributed by atoms with Gasteiger partial charge in [0.15, 0.2) is 0 Å². The molecule has 0 aromatic heterocycles. The van der Waals surface area contributed by atoms with Gasteiger partial charge in [-0.15, -0.1) is 0 Å². The van der Waals surface area contributed by atoms with Crippen molar-refractivity contribution in [2.45, 2.75) is 36.0 Å². The van der Waals surface area contributed by atoms with Gasteiger partial charge in [-0.1, -0.05) is 24.3 Å². The van der Waals surface area contributed by atoms with Crippen molar-refractivity contribution in [2.75, 3.05) is 0 Å². The van der Waals surface area contributed by atoms with Gasteiger partial charge >= 0.3 is 0 Å². The van der Waals surface area contributed by atoms with Gasteiger partial charge in [0.2, 0.25) is 0 Å². The summed E-state index contributed by atoms with van der Waals surface area (Å²) >= 11 is 0. The molecule has 1 saturated carbocycles. The van der Waals surface area contributed by atoms with E-state index in [4.69, 9.17) is 22.9 Å². The van der Waals surface area contributed by atoms with Gasteiger partial charge in [-0.3, -0.25) is 0 Å². The molecule has 0 aliphatic heterocycles. The summed E-state index contributed by atoms with van der Waals surface area (Å²) in [5, 5.41) is 0. The lowest BCUT2D eigenvalue weighted by Crippen LogP contribution is -2.69. The molecule has 1 aromatic rings. The number of rotatable bonds is 0. The zero-order valence-corrected chi connectivity index (χ0v) is 9.08. The third-order valence-electron chi connectivity index (χ3n) is 4.26. The highest BCUT2D eigenvalue weighted by atomic mass is 14.9. The maximum Gasteiger partial charge on any atom is 0.0284 e. The third-order valence-corrected chi connectivity index (χ3v) is 4.26. The van der Waals surface area contributed by atoms with Crippen LogP contribution in [0.4, 0.5) is 0 Å². The first-order chi connectivity index (χ1) is 7.63. The van der Waals surface area contributed by atoms with Crippen molar-refractivity contribution in [1.29, 1.82) is 0 Å². The van der Waals surface area contributed by atoms with E-state index < -0.39 is 0 Å². The smallest absolute Gasteiger partial charge is 0.0284 e. The summed E-state index contributed by atoms with van der Waals surface area (Å²) in [5.74, 6) is 0.206. The van der Waals surface area contributed by atoms with Gasteiger partial charge in [0.25, 0.3) is 0 Å². The maximum atomic E-state index is 6.17. The molecule has 0 saturated heterocycles. The number of nitrogens with two attached hydrogens (primary N) is 4. The lowest BCUT2D eigenvalue weighted by molar-refractivity contribution is 0.209. The van der Waals surface area contributed by atoms with E-state index >= 15 is 0 Å². The van der Waals surface area contributed by atoms with Gasteiger partial charge in [0.1, 0.15) is 0 Å². The molecule has 4 rings (SSSR count). The van der Waals surface area contributed by atoms with Crippen molar-refractivity contribution in [2.24, 2.45) is 22.9 Å². The number of hydrogen-bond acceptors (Lipinski definition) is 4. The minimum Gasteiger partial charge on any atom is -0.326 e. The highest BCUT2D eigenvalue weighted by Crippen LogP contribution is 2.46. The van der Waals surface area contributed by atoms with Gasteiger partial charge in [0.05, 0.1) is 0 Å². The zero-order chi connectivity index (χ0) is 11.4. The van der Waals surface area contributed by atoms with E-state index in [2.05, 4.69) is 12.1 Å². The van der Waals surface area contributed by atoms with E-state index in [9.17, 15) is 0 Å². The average Bonchev–Trinajstić information content (AvgIpc) is 2.28. The Morgan fingerprint density at radius 3 is 1.25 bits per heavy atom. The molecule has 3 aliphatic carbocycles. The molecule has 1 aromatic carbocycles. The van der Waals surface area contributed by atoms with Gasteiger partial charge in [-0.25, -0.2) is 0 Å². The Morgan fingerprint density at radius 1 is 0.625 bits per heavy atom. The van der Waals surface area contributed by atoms with Crippen molar-refractivity contribution in [3.05, 3.63) is 35.4 Å². The molecule has 3 aliphatic rings. The van der Waals surface area contributed by atoms with Crippen LogP contribution in [0.2, 0.25) is 0 Å². The minimum atomic E-state index is -0.0744. The van der Waals surface area contributed by atoms with Crippen LogP contribution in [0.25, 0.3) is 0 Å². The molecule has 86 valence electrons. The molecule has 8 N–H and O–H groups in total. The molecule has 4 nitrogen and oxygen atoms in total. The first kappa shape index (κ1) is 10.2. The Morgan fingerprint density at radius 2 is 0.938 bits per heavy atom. The topological polar surface area (TPSA) is 104 Å². The lowest BCUT2D eigenvalue weighted by atomic mass is 9.58. The van der Waals surface area contributed by atoms with Crippen LogP contribution in [0.1, 0.15) is 23.0 Å². The Bertz CT molecular complexity index is 364. The standard InChI is InChI=1S/C12H18N4/c13-9-7-5-3-1-2-4-6(5)8(11(9)15)12(16)10(7)14/h1-4,7-12H,13-16H2/t7?,8?,9-,10+,11+,12-. The normalized spacial score (nSPS) is 45.5. The molecule has 6 atom stereocenters. The van der Waals surface area contributed by atoms with Crippen LogP contribution < -0.4 is 22.9 Å². The van der Waals surface area contributed by atoms with E-state index in [1.54, 1.807) is 0 Å². The fourth-order valence-corrected chi connectivity index (χ4v) is 3.42. The first-order valence-corrected chi connectivity index (χ1v) is 5.74. The SMILES string of the molecule is N[C@@H]1C2c3ccccc3C([C@@H](N)[C@H]2N)[C@@H]1N. The van der Waals surface area contributed by atoms with Crippen LogP contribution >= 0.6 is 0 Å². The van der Waals surface area contributed by atoms with Gasteiger partial charge in [0, 0.05) is 36.0 Å². The summed E-state index contributed by atoms with van der Waals surface area (Å²) in [6.45, 7) is 0. The molecule has 1 fully saturated rings. The van der Waals surface area contributed by atoms with Gasteiger partial charge in [-0.2, -0.15) is 0 Å². The van der Waals surface area contributed by atoms with Crippen molar-refractivity contribution in [3.63, 3.8) is 0 Å². The summed E-state index contributed by atoms with van der Waals surface area (Å²) in [4.78, 5) is 0. The summed E-state index contributed by atoms with van der Waals surface area (Å²) in [6.07, 6.45) is 0. The molecule has 0 spiro atoms. The predicted molar refractivity (Wildman–Crippen MR) is 63.8 cm³/mol. The maximum absolute atomic E-state index is 6.17. The molecule has 2 bridgehead atoms. The van der Waals surface area contributed by atoms with Crippen LogP contribution in [0, 0.1) is 0 Å². The van der Waals surface area contributed by atoms with E-state index in [-0.39, 0.29) is 36.0 Å². The number of hydrogen-bond donors (Lipinski definition) is 4. The Labute approximate surface area is 95.0 Å². The minimum absolute atomic E-state index is 0.0744. The van der Waals surface area contributed by atoms with Crippen molar-refractivity contribution >= 4 is 0 Å². The fraction of sp³-hybridized carbons (Fsp3) is 0.500. The Balaban J connectivity index is 2.21. The summed E-state index contributed by atoms with van der Waals surface area (Å²) < 4.78 is 0. The molecular weight excluding hydrogens is 200 g/mol. The van der Waals surface area contributed by atoms with Gasteiger partial charge < -0.3 is 22.9 Å². The van der Waals surface area contributed by atoms with E-state index in [0.717, 1.165) is 0 Å². The highest BCUT2D eigenvalue weighted by molar-refractivity contribution is 5.45. The van der Waals surface area contributed by atoms with Crippen molar-refractivity contribution in [1.82, 2.24) is 0 Å². The summed E-state index contributed by atoms with van der Waals surface area (Å²) in [5.41, 5.74) is 27.2.